The minimum atomic E-state index is -0.735. The Hall–Kier alpha value is -3.69. The van der Waals surface area contributed by atoms with Crippen LogP contribution in [-0.4, -0.2) is 37.7 Å². The fourth-order valence-corrected chi connectivity index (χ4v) is 3.86. The predicted octanol–water partition coefficient (Wildman–Crippen LogP) is 4.51. The zero-order valence-corrected chi connectivity index (χ0v) is 18.2. The van der Waals surface area contributed by atoms with E-state index in [9.17, 15) is 9.59 Å². The number of hydrogen-bond donors (Lipinski definition) is 1. The van der Waals surface area contributed by atoms with E-state index >= 15 is 0 Å². The van der Waals surface area contributed by atoms with Gasteiger partial charge in [-0.2, -0.15) is 0 Å². The van der Waals surface area contributed by atoms with Gasteiger partial charge in [0.2, 0.25) is 5.76 Å². The smallest absolute Gasteiger partial charge is 0.375 e. The van der Waals surface area contributed by atoms with E-state index in [1.54, 1.807) is 19.2 Å². The largest absolute Gasteiger partial charge is 0.497 e. The number of aromatic nitrogens is 1. The summed E-state index contributed by atoms with van der Waals surface area (Å²) in [6.45, 7) is -0.291. The number of esters is 1. The van der Waals surface area contributed by atoms with E-state index < -0.39 is 18.5 Å². The number of benzene rings is 2. The van der Waals surface area contributed by atoms with Gasteiger partial charge in [0.1, 0.15) is 11.3 Å². The Morgan fingerprint density at radius 1 is 1.09 bits per heavy atom. The van der Waals surface area contributed by atoms with Crippen LogP contribution in [-0.2, 0) is 20.9 Å². The van der Waals surface area contributed by atoms with Crippen molar-refractivity contribution in [2.24, 2.45) is 0 Å². The Labute approximate surface area is 187 Å². The third-order valence-corrected chi connectivity index (χ3v) is 5.40. The van der Waals surface area contributed by atoms with Crippen LogP contribution < -0.4 is 10.1 Å². The van der Waals surface area contributed by atoms with Crippen LogP contribution in [0.3, 0.4) is 0 Å². The molecule has 0 aliphatic carbocycles. The fraction of sp³-hybridized carbons (Fsp3) is 0.174. The Morgan fingerprint density at radius 3 is 2.62 bits per heavy atom. The molecule has 0 bridgehead atoms. The zero-order chi connectivity index (χ0) is 22.5. The van der Waals surface area contributed by atoms with E-state index in [0.717, 1.165) is 22.4 Å². The molecule has 1 amide bonds. The second-order valence-electron chi connectivity index (χ2n) is 6.73. The number of furan rings is 1. The van der Waals surface area contributed by atoms with Crippen LogP contribution in [0.25, 0.3) is 22.2 Å². The topological polar surface area (TPSA) is 99.9 Å². The number of thiazole rings is 1. The lowest BCUT2D eigenvalue weighted by Gasteiger charge is -2.05. The number of fused-ring (bicyclic) bond motifs is 1. The lowest BCUT2D eigenvalue weighted by atomic mass is 10.1. The molecule has 0 saturated heterocycles. The molecular formula is C23H20N2O6S. The average Bonchev–Trinajstić information content (AvgIpc) is 3.43. The van der Waals surface area contributed by atoms with Gasteiger partial charge in [-0.15, -0.1) is 11.3 Å². The summed E-state index contributed by atoms with van der Waals surface area (Å²) in [5.41, 5.74) is 2.74. The van der Waals surface area contributed by atoms with Crippen molar-refractivity contribution in [3.8, 4) is 17.0 Å². The maximum atomic E-state index is 12.5. The third-order valence-electron chi connectivity index (χ3n) is 4.64. The van der Waals surface area contributed by atoms with Gasteiger partial charge in [-0.3, -0.25) is 10.1 Å². The molecule has 8 nitrogen and oxygen atoms in total. The van der Waals surface area contributed by atoms with Gasteiger partial charge >= 0.3 is 5.97 Å². The van der Waals surface area contributed by atoms with Crippen molar-refractivity contribution in [3.63, 3.8) is 0 Å². The number of ether oxygens (including phenoxy) is 3. The average molecular weight is 452 g/mol. The molecule has 4 aromatic rings. The number of para-hydroxylation sites is 1. The van der Waals surface area contributed by atoms with Crippen molar-refractivity contribution in [1.82, 2.24) is 4.98 Å². The first kappa shape index (κ1) is 21.5. The summed E-state index contributed by atoms with van der Waals surface area (Å²) in [7, 11) is 3.13. The van der Waals surface area contributed by atoms with Crippen LogP contribution in [0.15, 0.2) is 58.3 Å². The van der Waals surface area contributed by atoms with Gasteiger partial charge in [0.25, 0.3) is 5.91 Å². The number of carbonyl (C=O) groups is 2. The van der Waals surface area contributed by atoms with Gasteiger partial charge in [-0.05, 0) is 30.3 Å². The van der Waals surface area contributed by atoms with Crippen LogP contribution in [0.2, 0.25) is 0 Å². The summed E-state index contributed by atoms with van der Waals surface area (Å²) in [5.74, 6) is -0.464. The summed E-state index contributed by atoms with van der Waals surface area (Å²) in [4.78, 5) is 29.2. The van der Waals surface area contributed by atoms with Crippen LogP contribution in [0.1, 0.15) is 16.1 Å². The van der Waals surface area contributed by atoms with E-state index in [2.05, 4.69) is 10.3 Å². The molecule has 164 valence electrons. The minimum Gasteiger partial charge on any atom is -0.497 e. The Morgan fingerprint density at radius 2 is 1.88 bits per heavy atom. The monoisotopic (exact) mass is 452 g/mol. The number of nitrogens with zero attached hydrogens (tertiary/aromatic N) is 1. The normalized spacial score (nSPS) is 10.8. The van der Waals surface area contributed by atoms with Crippen LogP contribution in [0.5, 0.6) is 5.75 Å². The lowest BCUT2D eigenvalue weighted by molar-refractivity contribution is -0.119. The molecule has 0 atom stereocenters. The summed E-state index contributed by atoms with van der Waals surface area (Å²) in [6.07, 6.45) is 0. The van der Waals surface area contributed by atoms with Crippen molar-refractivity contribution in [2.75, 3.05) is 26.1 Å². The molecule has 9 heteroatoms. The number of methoxy groups -OCH3 is 2. The minimum absolute atomic E-state index is 0.0249. The number of anilines is 1. The van der Waals surface area contributed by atoms with E-state index in [4.69, 9.17) is 18.6 Å². The summed E-state index contributed by atoms with van der Waals surface area (Å²) in [6, 6.07) is 14.7. The van der Waals surface area contributed by atoms with Gasteiger partial charge < -0.3 is 18.6 Å². The highest BCUT2D eigenvalue weighted by molar-refractivity contribution is 7.14. The number of carbonyl (C=O) groups excluding carboxylic acids is 2. The molecule has 4 rings (SSSR count). The van der Waals surface area contributed by atoms with Gasteiger partial charge in [0, 0.05) is 29.0 Å². The van der Waals surface area contributed by atoms with E-state index in [1.165, 1.54) is 18.4 Å². The van der Waals surface area contributed by atoms with Gasteiger partial charge in [-0.25, -0.2) is 9.78 Å². The molecule has 1 N–H and O–H groups in total. The quantitative estimate of drug-likeness (QED) is 0.393. The number of hydrogen-bond acceptors (Lipinski definition) is 8. The molecule has 2 aromatic carbocycles. The highest BCUT2D eigenvalue weighted by Crippen LogP contribution is 2.28. The van der Waals surface area contributed by atoms with Crippen molar-refractivity contribution >= 4 is 39.3 Å². The standard InChI is InChI=1S/C23H20N2O6S/c1-28-11-17-16-5-3-4-6-19(16)31-21(17)22(27)30-12-20(26)25-23-24-18(13-32-23)14-7-9-15(29-2)10-8-14/h3-10,13H,11-12H2,1-2H3,(H,24,25,26). The second-order valence-corrected chi connectivity index (χ2v) is 7.59. The van der Waals surface area contributed by atoms with E-state index in [-0.39, 0.29) is 12.4 Å². The van der Waals surface area contributed by atoms with E-state index in [1.807, 2.05) is 41.8 Å². The maximum absolute atomic E-state index is 12.5. The van der Waals surface area contributed by atoms with Crippen LogP contribution >= 0.6 is 11.3 Å². The first-order chi connectivity index (χ1) is 15.6. The molecule has 0 unspecified atom stereocenters. The molecule has 0 radical (unpaired) electrons. The van der Waals surface area contributed by atoms with Crippen molar-refractivity contribution < 1.29 is 28.2 Å². The molecule has 0 spiro atoms. The van der Waals surface area contributed by atoms with Crippen LogP contribution in [0.4, 0.5) is 5.13 Å². The Bertz CT molecular complexity index is 1250. The number of nitrogens with one attached hydrogen (secondary N) is 1. The molecule has 2 aromatic heterocycles. The van der Waals surface area contributed by atoms with E-state index in [0.29, 0.717) is 16.3 Å². The Balaban J connectivity index is 1.38. The zero-order valence-electron chi connectivity index (χ0n) is 17.4. The maximum Gasteiger partial charge on any atom is 0.375 e. The number of rotatable bonds is 8. The van der Waals surface area contributed by atoms with Gasteiger partial charge in [-0.1, -0.05) is 18.2 Å². The SMILES string of the molecule is COCc1c(C(=O)OCC(=O)Nc2nc(-c3ccc(OC)cc3)cs2)oc2ccccc12. The second kappa shape index (κ2) is 9.63. The molecular weight excluding hydrogens is 432 g/mol. The van der Waals surface area contributed by atoms with Crippen molar-refractivity contribution in [1.29, 1.82) is 0 Å². The first-order valence-corrected chi connectivity index (χ1v) is 10.5. The molecule has 0 aliphatic rings. The highest BCUT2D eigenvalue weighted by atomic mass is 32.1. The summed E-state index contributed by atoms with van der Waals surface area (Å²) in [5, 5.41) is 5.63. The third kappa shape index (κ3) is 4.63. The summed E-state index contributed by atoms with van der Waals surface area (Å²) < 4.78 is 21.1. The number of amides is 1. The van der Waals surface area contributed by atoms with Crippen molar-refractivity contribution in [3.05, 3.63) is 65.2 Å². The first-order valence-electron chi connectivity index (χ1n) is 9.65. The highest BCUT2D eigenvalue weighted by Gasteiger charge is 2.22. The molecule has 0 saturated carbocycles. The predicted molar refractivity (Wildman–Crippen MR) is 120 cm³/mol. The van der Waals surface area contributed by atoms with Gasteiger partial charge in [0.05, 0.1) is 19.4 Å². The lowest BCUT2D eigenvalue weighted by Crippen LogP contribution is -2.21. The molecule has 2 heterocycles. The fourth-order valence-electron chi connectivity index (χ4n) is 3.13. The Kier molecular flexibility index (Phi) is 6.48. The molecule has 0 fully saturated rings. The van der Waals surface area contributed by atoms with Crippen LogP contribution in [0, 0.1) is 0 Å². The molecule has 0 aliphatic heterocycles. The van der Waals surface area contributed by atoms with Crippen molar-refractivity contribution in [2.45, 2.75) is 6.61 Å². The molecule has 32 heavy (non-hydrogen) atoms. The summed E-state index contributed by atoms with van der Waals surface area (Å²) >= 11 is 1.28. The van der Waals surface area contributed by atoms with Gasteiger partial charge in [0.15, 0.2) is 11.7 Å².